The topological polar surface area (TPSA) is 60.4 Å². The fraction of sp³-hybridized carbons (Fsp3) is 0.722. The molecular formula is C18H29ClO4S2. The first kappa shape index (κ1) is 22.6. The predicted molar refractivity (Wildman–Crippen MR) is 104 cm³/mol. The second kappa shape index (κ2) is 7.67. The van der Waals surface area contributed by atoms with Crippen molar-refractivity contribution in [1.82, 2.24) is 0 Å². The van der Waals surface area contributed by atoms with Gasteiger partial charge in [0.25, 0.3) is 0 Å². The highest BCUT2D eigenvalue weighted by atomic mass is 35.5. The van der Waals surface area contributed by atoms with Gasteiger partial charge in [-0.2, -0.15) is 0 Å². The molecule has 1 aromatic rings. The Morgan fingerprint density at radius 3 is 2.16 bits per heavy atom. The molecule has 0 spiro atoms. The zero-order valence-corrected chi connectivity index (χ0v) is 18.4. The molecule has 0 aromatic carbocycles. The van der Waals surface area contributed by atoms with Crippen LogP contribution in [0.2, 0.25) is 0 Å². The van der Waals surface area contributed by atoms with Crippen molar-refractivity contribution in [2.75, 3.05) is 0 Å². The average Bonchev–Trinajstić information content (AvgIpc) is 2.88. The number of rotatable bonds is 7. The maximum absolute atomic E-state index is 12.8. The first-order valence-corrected chi connectivity index (χ1v) is 11.0. The van der Waals surface area contributed by atoms with Gasteiger partial charge < -0.3 is 4.74 Å². The van der Waals surface area contributed by atoms with Crippen LogP contribution in [0.15, 0.2) is 21.7 Å². The molecule has 1 heterocycles. The molecule has 25 heavy (non-hydrogen) atoms. The van der Waals surface area contributed by atoms with Crippen molar-refractivity contribution in [2.45, 2.75) is 81.4 Å². The van der Waals surface area contributed by atoms with Crippen molar-refractivity contribution < 1.29 is 17.9 Å². The number of carbonyl (C=O) groups excluding carboxylic acids is 1. The molecule has 0 saturated carbocycles. The van der Waals surface area contributed by atoms with Crippen LogP contribution < -0.4 is 0 Å². The summed E-state index contributed by atoms with van der Waals surface area (Å²) in [4.78, 5) is 12.5. The summed E-state index contributed by atoms with van der Waals surface area (Å²) < 4.78 is 30.3. The number of alkyl halides is 1. The molecule has 0 N–H and O–H groups in total. The minimum Gasteiger partial charge on any atom is -0.372 e. The molecule has 144 valence electrons. The number of ether oxygens (including phenoxy) is 1. The molecule has 0 radical (unpaired) electrons. The Balaban J connectivity index is 3.09. The van der Waals surface area contributed by atoms with Crippen LogP contribution in [0.1, 0.15) is 61.3 Å². The van der Waals surface area contributed by atoms with E-state index in [0.717, 1.165) is 11.3 Å². The molecule has 7 heteroatoms. The van der Waals surface area contributed by atoms with Crippen molar-refractivity contribution in [1.29, 1.82) is 0 Å². The van der Waals surface area contributed by atoms with Gasteiger partial charge in [-0.1, -0.05) is 26.8 Å². The molecule has 2 atom stereocenters. The number of hydrogen-bond donors (Lipinski definition) is 0. The van der Waals surface area contributed by atoms with Gasteiger partial charge in [0.2, 0.25) is 9.84 Å². The van der Waals surface area contributed by atoms with Crippen LogP contribution in [-0.2, 0) is 19.4 Å². The first-order chi connectivity index (χ1) is 11.1. The summed E-state index contributed by atoms with van der Waals surface area (Å²) in [6, 6.07) is 3.22. The zero-order valence-electron chi connectivity index (χ0n) is 16.1. The van der Waals surface area contributed by atoms with Crippen molar-refractivity contribution in [3.8, 4) is 0 Å². The van der Waals surface area contributed by atoms with Gasteiger partial charge in [-0.15, -0.1) is 22.9 Å². The smallest absolute Gasteiger partial charge is 0.207 e. The first-order valence-electron chi connectivity index (χ1n) is 8.24. The number of ketones is 1. The summed E-state index contributed by atoms with van der Waals surface area (Å²) >= 11 is 7.60. The Labute approximate surface area is 160 Å². The van der Waals surface area contributed by atoms with Crippen LogP contribution in [0.5, 0.6) is 0 Å². The van der Waals surface area contributed by atoms with E-state index in [-0.39, 0.29) is 22.8 Å². The lowest BCUT2D eigenvalue weighted by molar-refractivity contribution is -0.133. The maximum atomic E-state index is 12.8. The second-order valence-corrected chi connectivity index (χ2v) is 13.1. The molecule has 0 bridgehead atoms. The lowest BCUT2D eigenvalue weighted by atomic mass is 9.87. The second-order valence-electron chi connectivity index (χ2n) is 8.47. The Hall–Kier alpha value is -0.430. The SMILES string of the molecule is CC(C)(C)OC(CC(=O)C(C)(C)C)CC(C)(Cl)S(=O)(=O)c1cccs1. The van der Waals surface area contributed by atoms with Crippen LogP contribution >= 0.6 is 22.9 Å². The summed E-state index contributed by atoms with van der Waals surface area (Å²) in [6.07, 6.45) is -0.416. The number of Topliss-reactive ketones (excluding diaryl/α,β-unsaturated/α-hetero) is 1. The van der Waals surface area contributed by atoms with Crippen LogP contribution in [0.3, 0.4) is 0 Å². The van der Waals surface area contributed by atoms with Gasteiger partial charge in [-0.05, 0) is 39.1 Å². The average molecular weight is 409 g/mol. The Kier molecular flexibility index (Phi) is 6.94. The summed E-state index contributed by atoms with van der Waals surface area (Å²) in [5.74, 6) is 0.0164. The molecule has 0 saturated heterocycles. The summed E-state index contributed by atoms with van der Waals surface area (Å²) in [5.41, 5.74) is -1.03. The molecule has 0 amide bonds. The predicted octanol–water partition coefficient (Wildman–Crippen LogP) is 5.06. The van der Waals surface area contributed by atoms with Gasteiger partial charge in [0, 0.05) is 18.3 Å². The Morgan fingerprint density at radius 1 is 1.20 bits per heavy atom. The zero-order chi connectivity index (χ0) is 19.7. The summed E-state index contributed by atoms with van der Waals surface area (Å²) in [6.45, 7) is 12.6. The van der Waals surface area contributed by atoms with E-state index >= 15 is 0 Å². The van der Waals surface area contributed by atoms with Gasteiger partial charge in [0.15, 0.2) is 4.21 Å². The van der Waals surface area contributed by atoms with Gasteiger partial charge in [-0.3, -0.25) is 4.79 Å². The van der Waals surface area contributed by atoms with E-state index in [1.165, 1.54) is 6.92 Å². The van der Waals surface area contributed by atoms with Crippen LogP contribution in [-0.4, -0.2) is 30.1 Å². The standard InChI is InChI=1S/C18H29ClO4S2/c1-16(2,3)14(20)11-13(23-17(4,5)6)12-18(7,19)25(21,22)15-9-8-10-24-15/h8-10,13H,11-12H2,1-7H3. The summed E-state index contributed by atoms with van der Waals surface area (Å²) in [5, 5.41) is 1.70. The van der Waals surface area contributed by atoms with E-state index in [4.69, 9.17) is 16.3 Å². The van der Waals surface area contributed by atoms with E-state index in [0.29, 0.717) is 0 Å². The monoisotopic (exact) mass is 408 g/mol. The van der Waals surface area contributed by atoms with E-state index in [9.17, 15) is 13.2 Å². The highest BCUT2D eigenvalue weighted by molar-refractivity contribution is 7.96. The third-order valence-corrected chi connectivity index (χ3v) is 8.01. The number of hydrogen-bond acceptors (Lipinski definition) is 5. The van der Waals surface area contributed by atoms with Crippen LogP contribution in [0.25, 0.3) is 0 Å². The van der Waals surface area contributed by atoms with Gasteiger partial charge in [0.05, 0.1) is 11.7 Å². The van der Waals surface area contributed by atoms with E-state index in [2.05, 4.69) is 0 Å². The van der Waals surface area contributed by atoms with Gasteiger partial charge in [-0.25, -0.2) is 8.42 Å². The molecule has 0 aliphatic carbocycles. The number of carbonyl (C=O) groups is 1. The van der Waals surface area contributed by atoms with Gasteiger partial charge >= 0.3 is 0 Å². The van der Waals surface area contributed by atoms with Crippen molar-refractivity contribution in [2.24, 2.45) is 5.41 Å². The van der Waals surface area contributed by atoms with Gasteiger partial charge in [0.1, 0.15) is 9.99 Å². The quantitative estimate of drug-likeness (QED) is 0.592. The lowest BCUT2D eigenvalue weighted by Crippen LogP contribution is -2.39. The molecule has 1 rings (SSSR count). The van der Waals surface area contributed by atoms with E-state index < -0.39 is 31.2 Å². The minimum absolute atomic E-state index is 0.0164. The highest BCUT2D eigenvalue weighted by Crippen LogP contribution is 2.38. The Morgan fingerprint density at radius 2 is 1.76 bits per heavy atom. The van der Waals surface area contributed by atoms with Crippen LogP contribution in [0, 0.1) is 5.41 Å². The van der Waals surface area contributed by atoms with Crippen molar-refractivity contribution >= 4 is 38.6 Å². The molecule has 4 nitrogen and oxygen atoms in total. The third kappa shape index (κ3) is 6.35. The fourth-order valence-corrected chi connectivity index (χ4v) is 5.63. The minimum atomic E-state index is -3.72. The molecule has 0 fully saturated rings. The van der Waals surface area contributed by atoms with Crippen molar-refractivity contribution in [3.63, 3.8) is 0 Å². The normalized spacial score (nSPS) is 17.1. The molecule has 0 aliphatic rings. The maximum Gasteiger partial charge on any atom is 0.207 e. The number of halogens is 1. The molecule has 1 aromatic heterocycles. The molecule has 0 aliphatic heterocycles. The molecule has 2 unspecified atom stereocenters. The largest absolute Gasteiger partial charge is 0.372 e. The van der Waals surface area contributed by atoms with E-state index in [1.54, 1.807) is 17.5 Å². The third-order valence-electron chi connectivity index (χ3n) is 3.68. The summed E-state index contributed by atoms with van der Waals surface area (Å²) in [7, 11) is -3.72. The Bertz CT molecular complexity index is 678. The number of sulfone groups is 1. The van der Waals surface area contributed by atoms with Crippen LogP contribution in [0.4, 0.5) is 0 Å². The van der Waals surface area contributed by atoms with E-state index in [1.807, 2.05) is 41.5 Å². The number of thiophene rings is 1. The lowest BCUT2D eigenvalue weighted by Gasteiger charge is -2.33. The highest BCUT2D eigenvalue weighted by Gasteiger charge is 2.43. The molecular weight excluding hydrogens is 380 g/mol. The van der Waals surface area contributed by atoms with Crippen molar-refractivity contribution in [3.05, 3.63) is 17.5 Å². The fourth-order valence-electron chi connectivity index (χ4n) is 2.31.